The topological polar surface area (TPSA) is 33.4 Å². The molecular formula is C14H18O2. The van der Waals surface area contributed by atoms with Gasteiger partial charge in [0.25, 0.3) is 0 Å². The Labute approximate surface area is 95.9 Å². The van der Waals surface area contributed by atoms with Crippen LogP contribution in [0.3, 0.4) is 0 Å². The number of furan rings is 1. The maximum Gasteiger partial charge on any atom is 0.134 e. The van der Waals surface area contributed by atoms with Gasteiger partial charge in [-0.05, 0) is 23.1 Å². The molecule has 2 nitrogen and oxygen atoms in total. The highest BCUT2D eigenvalue weighted by molar-refractivity contribution is 5.78. The van der Waals surface area contributed by atoms with E-state index in [-0.39, 0.29) is 12.0 Å². The average molecular weight is 218 g/mol. The minimum atomic E-state index is 0.131. The zero-order valence-electron chi connectivity index (χ0n) is 10.1. The number of aliphatic hydroxyl groups is 1. The van der Waals surface area contributed by atoms with Crippen molar-refractivity contribution in [2.24, 2.45) is 0 Å². The third kappa shape index (κ3) is 2.12. The maximum absolute atomic E-state index is 8.87. The number of rotatable bonds is 2. The number of fused-ring (bicyclic) bond motifs is 1. The van der Waals surface area contributed by atoms with Crippen LogP contribution in [0.1, 0.15) is 32.1 Å². The second-order valence-electron chi connectivity index (χ2n) is 5.19. The van der Waals surface area contributed by atoms with E-state index in [0.29, 0.717) is 6.42 Å². The van der Waals surface area contributed by atoms with Gasteiger partial charge < -0.3 is 9.52 Å². The molecule has 1 aromatic carbocycles. The van der Waals surface area contributed by atoms with Crippen LogP contribution in [0.2, 0.25) is 0 Å². The highest BCUT2D eigenvalue weighted by atomic mass is 16.3. The molecule has 2 rings (SSSR count). The molecule has 0 saturated heterocycles. The molecule has 86 valence electrons. The summed E-state index contributed by atoms with van der Waals surface area (Å²) >= 11 is 0. The van der Waals surface area contributed by atoms with E-state index in [9.17, 15) is 0 Å². The second kappa shape index (κ2) is 3.95. The van der Waals surface area contributed by atoms with Gasteiger partial charge in [-0.2, -0.15) is 0 Å². The summed E-state index contributed by atoms with van der Waals surface area (Å²) in [5.74, 6) is 0.851. The Kier molecular flexibility index (Phi) is 2.76. The molecule has 0 aliphatic carbocycles. The minimum Gasteiger partial charge on any atom is -0.461 e. The van der Waals surface area contributed by atoms with Crippen molar-refractivity contribution in [3.05, 3.63) is 35.6 Å². The van der Waals surface area contributed by atoms with Crippen molar-refractivity contribution >= 4 is 11.0 Å². The largest absolute Gasteiger partial charge is 0.461 e. The van der Waals surface area contributed by atoms with Crippen molar-refractivity contribution < 1.29 is 9.52 Å². The normalized spacial score (nSPS) is 12.2. The predicted octanol–water partition coefficient (Wildman–Crippen LogP) is 3.27. The quantitative estimate of drug-likeness (QED) is 0.839. The molecule has 0 saturated carbocycles. The third-order valence-electron chi connectivity index (χ3n) is 2.80. The molecule has 0 atom stereocenters. The monoisotopic (exact) mass is 218 g/mol. The molecule has 1 N–H and O–H groups in total. The Hall–Kier alpha value is -1.28. The Morgan fingerprint density at radius 3 is 2.56 bits per heavy atom. The van der Waals surface area contributed by atoms with Gasteiger partial charge in [0.05, 0.1) is 6.61 Å². The van der Waals surface area contributed by atoms with Gasteiger partial charge in [-0.15, -0.1) is 0 Å². The van der Waals surface area contributed by atoms with E-state index < -0.39 is 0 Å². The molecule has 0 bridgehead atoms. The molecule has 2 heteroatoms. The minimum absolute atomic E-state index is 0.131. The zero-order chi connectivity index (χ0) is 11.8. The van der Waals surface area contributed by atoms with Crippen LogP contribution in [0.4, 0.5) is 0 Å². The number of aliphatic hydroxyl groups excluding tert-OH is 1. The van der Waals surface area contributed by atoms with Crippen LogP contribution < -0.4 is 0 Å². The lowest BCUT2D eigenvalue weighted by atomic mass is 9.87. The Morgan fingerprint density at radius 2 is 1.94 bits per heavy atom. The lowest BCUT2D eigenvalue weighted by Crippen LogP contribution is -2.10. The average Bonchev–Trinajstić information content (AvgIpc) is 2.57. The Balaban J connectivity index is 2.46. The molecule has 0 fully saturated rings. The van der Waals surface area contributed by atoms with E-state index in [4.69, 9.17) is 9.52 Å². The molecular weight excluding hydrogens is 200 g/mol. The van der Waals surface area contributed by atoms with Crippen molar-refractivity contribution in [2.75, 3.05) is 6.61 Å². The fraction of sp³-hybridized carbons (Fsp3) is 0.429. The zero-order valence-corrected chi connectivity index (χ0v) is 10.1. The van der Waals surface area contributed by atoms with Crippen LogP contribution in [0, 0.1) is 0 Å². The summed E-state index contributed by atoms with van der Waals surface area (Å²) in [5.41, 5.74) is 2.32. The summed E-state index contributed by atoms with van der Waals surface area (Å²) in [6.45, 7) is 6.69. The number of benzene rings is 1. The third-order valence-corrected chi connectivity index (χ3v) is 2.80. The molecule has 0 radical (unpaired) electrons. The van der Waals surface area contributed by atoms with E-state index in [1.807, 2.05) is 6.07 Å². The number of hydrogen-bond acceptors (Lipinski definition) is 2. The fourth-order valence-electron chi connectivity index (χ4n) is 1.79. The highest BCUT2D eigenvalue weighted by Gasteiger charge is 2.15. The molecule has 2 aromatic rings. The first-order chi connectivity index (χ1) is 7.50. The van der Waals surface area contributed by atoms with Gasteiger partial charge in [-0.25, -0.2) is 0 Å². The van der Waals surface area contributed by atoms with E-state index in [2.05, 4.69) is 39.0 Å². The summed E-state index contributed by atoms with van der Waals surface area (Å²) in [6.07, 6.45) is 0.583. The summed E-state index contributed by atoms with van der Waals surface area (Å²) < 4.78 is 5.68. The van der Waals surface area contributed by atoms with Crippen LogP contribution in [0.5, 0.6) is 0 Å². The van der Waals surface area contributed by atoms with E-state index in [1.54, 1.807) is 0 Å². The molecule has 0 spiro atoms. The smallest absolute Gasteiger partial charge is 0.134 e. The maximum atomic E-state index is 8.87. The summed E-state index contributed by atoms with van der Waals surface area (Å²) in [4.78, 5) is 0. The van der Waals surface area contributed by atoms with Crippen LogP contribution in [-0.2, 0) is 11.8 Å². The number of hydrogen-bond donors (Lipinski definition) is 1. The van der Waals surface area contributed by atoms with Gasteiger partial charge in [0.1, 0.15) is 11.3 Å². The van der Waals surface area contributed by atoms with Gasteiger partial charge in [-0.3, -0.25) is 0 Å². The van der Waals surface area contributed by atoms with E-state index >= 15 is 0 Å². The van der Waals surface area contributed by atoms with Gasteiger partial charge in [0.2, 0.25) is 0 Å². The fourth-order valence-corrected chi connectivity index (χ4v) is 1.79. The van der Waals surface area contributed by atoms with Crippen LogP contribution in [0.15, 0.2) is 28.7 Å². The van der Waals surface area contributed by atoms with Gasteiger partial charge in [0.15, 0.2) is 0 Å². The molecule has 0 amide bonds. The lowest BCUT2D eigenvalue weighted by molar-refractivity contribution is 0.289. The van der Waals surface area contributed by atoms with Crippen molar-refractivity contribution in [3.8, 4) is 0 Å². The van der Waals surface area contributed by atoms with Gasteiger partial charge in [-0.1, -0.05) is 32.9 Å². The lowest BCUT2D eigenvalue weighted by Gasteiger charge is -2.18. The van der Waals surface area contributed by atoms with Crippen molar-refractivity contribution in [3.63, 3.8) is 0 Å². The molecule has 1 heterocycles. The first-order valence-electron chi connectivity index (χ1n) is 5.64. The predicted molar refractivity (Wildman–Crippen MR) is 65.7 cm³/mol. The second-order valence-corrected chi connectivity index (χ2v) is 5.19. The first-order valence-corrected chi connectivity index (χ1v) is 5.64. The molecule has 0 aliphatic heterocycles. The van der Waals surface area contributed by atoms with Crippen molar-refractivity contribution in [1.29, 1.82) is 0 Å². The van der Waals surface area contributed by atoms with Crippen LogP contribution in [-0.4, -0.2) is 11.7 Å². The first kappa shape index (κ1) is 11.2. The van der Waals surface area contributed by atoms with Crippen molar-refractivity contribution in [1.82, 2.24) is 0 Å². The molecule has 0 aliphatic rings. The molecule has 0 unspecified atom stereocenters. The SMILES string of the molecule is CC(C)(C)c1ccc2cc(CCO)oc2c1. The van der Waals surface area contributed by atoms with Gasteiger partial charge in [0, 0.05) is 11.8 Å². The summed E-state index contributed by atoms with van der Waals surface area (Å²) in [5, 5.41) is 9.98. The van der Waals surface area contributed by atoms with Crippen LogP contribution in [0.25, 0.3) is 11.0 Å². The van der Waals surface area contributed by atoms with Gasteiger partial charge >= 0.3 is 0 Å². The Bertz CT molecular complexity index is 489. The van der Waals surface area contributed by atoms with Crippen molar-refractivity contribution in [2.45, 2.75) is 32.6 Å². The standard InChI is InChI=1S/C14H18O2/c1-14(2,3)11-5-4-10-8-12(6-7-15)16-13(10)9-11/h4-5,8-9,15H,6-7H2,1-3H3. The summed E-state index contributed by atoms with van der Waals surface area (Å²) in [7, 11) is 0. The Morgan fingerprint density at radius 1 is 1.19 bits per heavy atom. The summed E-state index contributed by atoms with van der Waals surface area (Å²) in [6, 6.07) is 8.31. The molecule has 16 heavy (non-hydrogen) atoms. The van der Waals surface area contributed by atoms with Crippen LogP contribution >= 0.6 is 0 Å². The van der Waals surface area contributed by atoms with E-state index in [0.717, 1.165) is 16.7 Å². The van der Waals surface area contributed by atoms with E-state index in [1.165, 1.54) is 5.56 Å². The molecule has 1 aromatic heterocycles. The highest BCUT2D eigenvalue weighted by Crippen LogP contribution is 2.27.